The molecule has 1 atom stereocenters. The van der Waals surface area contributed by atoms with Crippen LogP contribution in [-0.4, -0.2) is 37.2 Å². The van der Waals surface area contributed by atoms with E-state index in [4.69, 9.17) is 14.2 Å². The molecule has 0 fully saturated rings. The fourth-order valence-corrected chi connectivity index (χ4v) is 8.32. The van der Waals surface area contributed by atoms with E-state index in [9.17, 15) is 14.4 Å². The van der Waals surface area contributed by atoms with Crippen LogP contribution >= 0.6 is 0 Å². The van der Waals surface area contributed by atoms with Crippen molar-refractivity contribution in [2.75, 3.05) is 13.2 Å². The maximum atomic E-state index is 12.8. The lowest BCUT2D eigenvalue weighted by Gasteiger charge is -2.18. The Balaban J connectivity index is 4.38. The monoisotopic (exact) mass is 1090 g/mol. The van der Waals surface area contributed by atoms with E-state index < -0.39 is 12.1 Å². The van der Waals surface area contributed by atoms with Crippen molar-refractivity contribution in [3.8, 4) is 0 Å². The number of allylic oxidation sites excluding steroid dienone is 25. The summed E-state index contributed by atoms with van der Waals surface area (Å²) in [5.74, 6) is -1.08. The lowest BCUT2D eigenvalue weighted by molar-refractivity contribution is -0.166. The molecule has 0 aromatic rings. The molecule has 0 saturated heterocycles. The lowest BCUT2D eigenvalue weighted by atomic mass is 10.1. The second-order valence-electron chi connectivity index (χ2n) is 20.6. The van der Waals surface area contributed by atoms with Gasteiger partial charge < -0.3 is 14.2 Å². The van der Waals surface area contributed by atoms with Gasteiger partial charge in [-0.25, -0.2) is 0 Å². The predicted molar refractivity (Wildman–Crippen MR) is 343 cm³/mol. The van der Waals surface area contributed by atoms with Gasteiger partial charge in [-0.3, -0.25) is 14.4 Å². The quantitative estimate of drug-likeness (QED) is 0.0261. The summed E-state index contributed by atoms with van der Waals surface area (Å²) < 4.78 is 16.8. The van der Waals surface area contributed by atoms with Crippen LogP contribution in [0.2, 0.25) is 0 Å². The van der Waals surface area contributed by atoms with Gasteiger partial charge in [0.1, 0.15) is 13.2 Å². The SMILES string of the molecule is CC/C=C\C/C=C\C/C=C\C/C=C\C/C=C\C/C=C\C/C=C\CCCCCCCCCCCC(=O)OCC(COC(=O)CCCCCCC/C=C\CCCCCCCC)OC(=O)C/C=C\C/C=C\C/C=C\C/C=C\C/C=C\CC. The largest absolute Gasteiger partial charge is 0.462 e. The molecule has 0 aromatic carbocycles. The minimum absolute atomic E-state index is 0.0878. The maximum absolute atomic E-state index is 12.8. The first kappa shape index (κ1) is 74.0. The van der Waals surface area contributed by atoms with Crippen molar-refractivity contribution in [2.45, 2.75) is 271 Å². The molecule has 0 bridgehead atoms. The van der Waals surface area contributed by atoms with E-state index >= 15 is 0 Å². The van der Waals surface area contributed by atoms with E-state index in [-0.39, 0.29) is 31.6 Å². The number of hydrogen-bond acceptors (Lipinski definition) is 6. The summed E-state index contributed by atoms with van der Waals surface area (Å²) in [6, 6.07) is 0. The van der Waals surface area contributed by atoms with Gasteiger partial charge in [0.15, 0.2) is 6.10 Å². The number of hydrogen-bond donors (Lipinski definition) is 0. The molecule has 0 aliphatic carbocycles. The van der Waals surface area contributed by atoms with E-state index in [1.54, 1.807) is 6.08 Å². The molecule has 6 nitrogen and oxygen atoms in total. The van der Waals surface area contributed by atoms with Gasteiger partial charge in [0.25, 0.3) is 0 Å². The van der Waals surface area contributed by atoms with Crippen LogP contribution in [0.4, 0.5) is 0 Å². The van der Waals surface area contributed by atoms with Gasteiger partial charge in [-0.15, -0.1) is 0 Å². The molecule has 0 aliphatic rings. The van der Waals surface area contributed by atoms with E-state index in [0.29, 0.717) is 19.3 Å². The van der Waals surface area contributed by atoms with Crippen LogP contribution in [-0.2, 0) is 28.6 Å². The third-order valence-electron chi connectivity index (χ3n) is 13.0. The Bertz CT molecular complexity index is 1780. The Kier molecular flexibility index (Phi) is 61.4. The van der Waals surface area contributed by atoms with E-state index in [2.05, 4.69) is 167 Å². The number of unbranched alkanes of at least 4 members (excludes halogenated alkanes) is 20. The van der Waals surface area contributed by atoms with Crippen molar-refractivity contribution in [3.63, 3.8) is 0 Å². The number of ether oxygens (including phenoxy) is 3. The van der Waals surface area contributed by atoms with Crippen LogP contribution in [0.3, 0.4) is 0 Å². The van der Waals surface area contributed by atoms with E-state index in [0.717, 1.165) is 128 Å². The predicted octanol–water partition coefficient (Wildman–Crippen LogP) is 22.1. The van der Waals surface area contributed by atoms with Gasteiger partial charge in [-0.1, -0.05) is 275 Å². The average Bonchev–Trinajstić information content (AvgIpc) is 3.45. The second-order valence-corrected chi connectivity index (χ2v) is 20.6. The molecule has 0 rings (SSSR count). The van der Waals surface area contributed by atoms with Crippen LogP contribution in [0.25, 0.3) is 0 Å². The van der Waals surface area contributed by atoms with Crippen LogP contribution in [0.5, 0.6) is 0 Å². The van der Waals surface area contributed by atoms with E-state index in [1.165, 1.54) is 89.9 Å². The highest BCUT2D eigenvalue weighted by Crippen LogP contribution is 2.14. The molecular weight excluding hydrogens is 973 g/mol. The Morgan fingerprint density at radius 1 is 0.278 bits per heavy atom. The van der Waals surface area contributed by atoms with Crippen molar-refractivity contribution in [1.82, 2.24) is 0 Å². The van der Waals surface area contributed by atoms with Crippen molar-refractivity contribution in [1.29, 1.82) is 0 Å². The van der Waals surface area contributed by atoms with Crippen LogP contribution < -0.4 is 0 Å². The zero-order chi connectivity index (χ0) is 57.1. The maximum Gasteiger partial charge on any atom is 0.310 e. The van der Waals surface area contributed by atoms with Crippen LogP contribution in [0.15, 0.2) is 158 Å². The summed E-state index contributed by atoms with van der Waals surface area (Å²) in [7, 11) is 0. The first-order valence-corrected chi connectivity index (χ1v) is 32.0. The van der Waals surface area contributed by atoms with Crippen molar-refractivity contribution < 1.29 is 28.6 Å². The zero-order valence-corrected chi connectivity index (χ0v) is 50.8. The highest BCUT2D eigenvalue weighted by atomic mass is 16.6. The van der Waals surface area contributed by atoms with Crippen molar-refractivity contribution >= 4 is 17.9 Å². The van der Waals surface area contributed by atoms with Crippen molar-refractivity contribution in [3.05, 3.63) is 158 Å². The molecule has 0 aliphatic heterocycles. The minimum atomic E-state index is -0.846. The summed E-state index contributed by atoms with van der Waals surface area (Å²) in [6.07, 6.45) is 95.6. The fourth-order valence-electron chi connectivity index (χ4n) is 8.32. The summed E-state index contributed by atoms with van der Waals surface area (Å²) >= 11 is 0. The summed E-state index contributed by atoms with van der Waals surface area (Å²) in [4.78, 5) is 38.2. The third kappa shape index (κ3) is 63.7. The standard InChI is InChI=1S/C73H116O6/c1-4-7-10-13-16-19-22-25-28-29-30-31-32-33-34-35-36-37-38-39-40-41-42-43-46-48-51-54-57-60-63-66-72(75)78-69-70(79-73(76)67-64-61-58-55-52-49-45-27-24-21-18-15-12-9-6-3)68-77-71(74)65-62-59-56-53-50-47-44-26-23-20-17-14-11-8-5-2/h7,9-10,12,16,18-19,21,25-28,30-31,33-34,36-37,39-40,44-45,52,55,61,64,70H,4-6,8,11,13-15,17,20,22-24,29,32,35,38,41-43,46-51,53-54,56-60,62-63,65-69H2,1-3H3/b10-7-,12-9-,19-16-,21-18-,28-25-,31-30-,34-33-,37-36-,40-39-,44-26-,45-27-,55-52-,64-61-. The molecule has 0 N–H and O–H groups in total. The first-order valence-electron chi connectivity index (χ1n) is 32.0. The minimum Gasteiger partial charge on any atom is -0.462 e. The number of carbonyl (C=O) groups excluding carboxylic acids is 3. The number of rotatable bonds is 56. The molecule has 0 heterocycles. The summed E-state index contributed by atoms with van der Waals surface area (Å²) in [6.45, 7) is 6.31. The molecule has 0 saturated carbocycles. The number of esters is 3. The average molecular weight is 1090 g/mol. The Labute approximate surface area is 486 Å². The smallest absolute Gasteiger partial charge is 0.310 e. The van der Waals surface area contributed by atoms with Gasteiger partial charge in [-0.05, 0) is 128 Å². The summed E-state index contributed by atoms with van der Waals surface area (Å²) in [5, 5.41) is 0. The summed E-state index contributed by atoms with van der Waals surface area (Å²) in [5.41, 5.74) is 0. The van der Waals surface area contributed by atoms with Gasteiger partial charge in [0.2, 0.25) is 0 Å². The van der Waals surface area contributed by atoms with Crippen molar-refractivity contribution in [2.24, 2.45) is 0 Å². The number of carbonyl (C=O) groups is 3. The molecule has 0 spiro atoms. The lowest BCUT2D eigenvalue weighted by Crippen LogP contribution is -2.30. The van der Waals surface area contributed by atoms with Gasteiger partial charge in [0, 0.05) is 12.8 Å². The zero-order valence-electron chi connectivity index (χ0n) is 50.8. The van der Waals surface area contributed by atoms with Gasteiger partial charge in [-0.2, -0.15) is 0 Å². The molecule has 1 unspecified atom stereocenters. The Morgan fingerprint density at radius 2 is 0.532 bits per heavy atom. The molecule has 79 heavy (non-hydrogen) atoms. The second kappa shape index (κ2) is 65.5. The third-order valence-corrected chi connectivity index (χ3v) is 13.0. The topological polar surface area (TPSA) is 78.9 Å². The Hall–Kier alpha value is -4.97. The van der Waals surface area contributed by atoms with Crippen LogP contribution in [0, 0.1) is 0 Å². The molecule has 444 valence electrons. The van der Waals surface area contributed by atoms with E-state index in [1.807, 2.05) is 6.08 Å². The molecule has 6 heteroatoms. The first-order chi connectivity index (χ1) is 39.0. The molecular formula is C73H116O6. The fraction of sp³-hybridized carbons (Fsp3) is 0.603. The van der Waals surface area contributed by atoms with Gasteiger partial charge >= 0.3 is 17.9 Å². The highest BCUT2D eigenvalue weighted by molar-refractivity contribution is 5.72. The van der Waals surface area contributed by atoms with Gasteiger partial charge in [0.05, 0.1) is 6.42 Å². The Morgan fingerprint density at radius 3 is 0.848 bits per heavy atom. The molecule has 0 radical (unpaired) electrons. The molecule has 0 aromatic heterocycles. The highest BCUT2D eigenvalue weighted by Gasteiger charge is 2.19. The normalized spacial score (nSPS) is 13.2. The molecule has 0 amide bonds. The van der Waals surface area contributed by atoms with Crippen LogP contribution in [0.1, 0.15) is 265 Å².